The van der Waals surface area contributed by atoms with E-state index in [1.165, 1.54) is 0 Å². The lowest BCUT2D eigenvalue weighted by atomic mass is 10.2. The number of rotatable bonds is 5. The predicted octanol–water partition coefficient (Wildman–Crippen LogP) is 1.57. The molecule has 1 aromatic carbocycles. The zero-order valence-electron chi connectivity index (χ0n) is 10.6. The molecular weight excluding hydrogens is 234 g/mol. The van der Waals surface area contributed by atoms with Crippen molar-refractivity contribution >= 4 is 5.91 Å². The Morgan fingerprint density at radius 1 is 1.39 bits per heavy atom. The molecule has 0 aromatic heterocycles. The van der Waals surface area contributed by atoms with E-state index in [2.05, 4.69) is 5.32 Å². The van der Waals surface area contributed by atoms with Crippen molar-refractivity contribution in [3.8, 4) is 17.2 Å². The number of carbonyl (C=O) groups excluding carboxylic acids is 1. The second kappa shape index (κ2) is 5.62. The van der Waals surface area contributed by atoms with Crippen molar-refractivity contribution in [2.75, 3.05) is 19.9 Å². The van der Waals surface area contributed by atoms with Crippen molar-refractivity contribution < 1.29 is 19.0 Å². The number of hydrogen-bond acceptors (Lipinski definition) is 4. The minimum Gasteiger partial charge on any atom is -0.484 e. The average molecular weight is 251 g/mol. The van der Waals surface area contributed by atoms with Crippen LogP contribution in [-0.4, -0.2) is 25.9 Å². The highest BCUT2D eigenvalue weighted by Gasteiger charge is 2.14. The molecule has 2 rings (SSSR count). The Kier molecular flexibility index (Phi) is 3.92. The van der Waals surface area contributed by atoms with Crippen LogP contribution in [0, 0.1) is 5.92 Å². The van der Waals surface area contributed by atoms with Gasteiger partial charge in [0.1, 0.15) is 5.75 Å². The summed E-state index contributed by atoms with van der Waals surface area (Å²) in [6.45, 7) is 4.97. The molecule has 1 aliphatic rings. The highest BCUT2D eigenvalue weighted by atomic mass is 16.7. The third kappa shape index (κ3) is 3.29. The quantitative estimate of drug-likeness (QED) is 0.863. The van der Waals surface area contributed by atoms with Crippen LogP contribution >= 0.6 is 0 Å². The molecule has 1 aromatic rings. The van der Waals surface area contributed by atoms with Crippen LogP contribution in [0.15, 0.2) is 18.2 Å². The molecule has 0 aliphatic carbocycles. The van der Waals surface area contributed by atoms with Gasteiger partial charge in [-0.05, 0) is 18.1 Å². The summed E-state index contributed by atoms with van der Waals surface area (Å²) in [6, 6.07) is 5.24. The number of amides is 1. The van der Waals surface area contributed by atoms with Gasteiger partial charge in [-0.1, -0.05) is 13.8 Å². The number of benzene rings is 1. The van der Waals surface area contributed by atoms with Gasteiger partial charge in [-0.15, -0.1) is 0 Å². The zero-order valence-corrected chi connectivity index (χ0v) is 10.6. The largest absolute Gasteiger partial charge is 0.484 e. The lowest BCUT2D eigenvalue weighted by molar-refractivity contribution is -0.123. The summed E-state index contributed by atoms with van der Waals surface area (Å²) in [4.78, 5) is 11.5. The fraction of sp³-hybridized carbons (Fsp3) is 0.462. The minimum atomic E-state index is -0.124. The second-order valence-electron chi connectivity index (χ2n) is 4.50. The van der Waals surface area contributed by atoms with E-state index < -0.39 is 0 Å². The number of hydrogen-bond donors (Lipinski definition) is 1. The highest BCUT2D eigenvalue weighted by molar-refractivity contribution is 5.77. The molecule has 0 spiro atoms. The summed E-state index contributed by atoms with van der Waals surface area (Å²) >= 11 is 0. The van der Waals surface area contributed by atoms with E-state index in [1.54, 1.807) is 18.2 Å². The molecule has 0 bridgehead atoms. The van der Waals surface area contributed by atoms with E-state index in [0.717, 1.165) is 0 Å². The fourth-order valence-corrected chi connectivity index (χ4v) is 1.48. The molecule has 18 heavy (non-hydrogen) atoms. The van der Waals surface area contributed by atoms with Gasteiger partial charge in [0.2, 0.25) is 6.79 Å². The molecule has 1 heterocycles. The van der Waals surface area contributed by atoms with Gasteiger partial charge in [-0.3, -0.25) is 4.79 Å². The lowest BCUT2D eigenvalue weighted by Gasteiger charge is -2.09. The number of ether oxygens (including phenoxy) is 3. The maximum atomic E-state index is 11.5. The van der Waals surface area contributed by atoms with Crippen LogP contribution in [0.2, 0.25) is 0 Å². The monoisotopic (exact) mass is 251 g/mol. The van der Waals surface area contributed by atoms with Crippen LogP contribution < -0.4 is 19.5 Å². The first-order valence-electron chi connectivity index (χ1n) is 5.94. The third-order valence-electron chi connectivity index (χ3n) is 2.42. The highest BCUT2D eigenvalue weighted by Crippen LogP contribution is 2.34. The molecule has 5 heteroatoms. The van der Waals surface area contributed by atoms with Crippen LogP contribution in [0.1, 0.15) is 13.8 Å². The third-order valence-corrected chi connectivity index (χ3v) is 2.42. The van der Waals surface area contributed by atoms with Gasteiger partial charge in [0, 0.05) is 12.6 Å². The maximum Gasteiger partial charge on any atom is 0.257 e. The molecule has 0 atom stereocenters. The summed E-state index contributed by atoms with van der Waals surface area (Å²) in [5, 5.41) is 2.78. The first-order chi connectivity index (χ1) is 8.65. The van der Waals surface area contributed by atoms with Crippen LogP contribution in [0.4, 0.5) is 0 Å². The Balaban J connectivity index is 1.81. The van der Waals surface area contributed by atoms with Crippen molar-refractivity contribution in [1.82, 2.24) is 5.32 Å². The van der Waals surface area contributed by atoms with Crippen molar-refractivity contribution in [1.29, 1.82) is 0 Å². The van der Waals surface area contributed by atoms with Crippen molar-refractivity contribution in [3.63, 3.8) is 0 Å². The number of fused-ring (bicyclic) bond motifs is 1. The molecule has 1 amide bonds. The molecule has 0 radical (unpaired) electrons. The molecule has 98 valence electrons. The summed E-state index contributed by atoms with van der Waals surface area (Å²) in [7, 11) is 0. The first kappa shape index (κ1) is 12.5. The van der Waals surface area contributed by atoms with E-state index in [4.69, 9.17) is 14.2 Å². The van der Waals surface area contributed by atoms with Crippen LogP contribution in [0.5, 0.6) is 17.2 Å². The van der Waals surface area contributed by atoms with Gasteiger partial charge >= 0.3 is 0 Å². The standard InChI is InChI=1S/C13H17NO4/c1-9(2)6-14-13(15)7-16-10-3-4-11-12(5-10)18-8-17-11/h3-5,9H,6-8H2,1-2H3,(H,14,15). The molecule has 0 saturated heterocycles. The van der Waals surface area contributed by atoms with E-state index in [1.807, 2.05) is 13.8 Å². The summed E-state index contributed by atoms with van der Waals surface area (Å²) in [5.41, 5.74) is 0. The van der Waals surface area contributed by atoms with E-state index in [-0.39, 0.29) is 19.3 Å². The summed E-state index contributed by atoms with van der Waals surface area (Å²) in [5.74, 6) is 2.25. The van der Waals surface area contributed by atoms with E-state index in [9.17, 15) is 4.79 Å². The Bertz CT molecular complexity index is 431. The Hall–Kier alpha value is -1.91. The molecular formula is C13H17NO4. The second-order valence-corrected chi connectivity index (χ2v) is 4.50. The van der Waals surface area contributed by atoms with Crippen molar-refractivity contribution in [2.45, 2.75) is 13.8 Å². The van der Waals surface area contributed by atoms with Gasteiger partial charge in [-0.2, -0.15) is 0 Å². The van der Waals surface area contributed by atoms with Crippen molar-refractivity contribution in [3.05, 3.63) is 18.2 Å². The molecule has 1 aliphatic heterocycles. The smallest absolute Gasteiger partial charge is 0.257 e. The maximum absolute atomic E-state index is 11.5. The van der Waals surface area contributed by atoms with Gasteiger partial charge in [0.05, 0.1) is 0 Å². The molecule has 0 saturated carbocycles. The Labute approximate surface area is 106 Å². The summed E-state index contributed by atoms with van der Waals surface area (Å²) < 4.78 is 15.8. The first-order valence-corrected chi connectivity index (χ1v) is 5.94. The minimum absolute atomic E-state index is 0.00631. The van der Waals surface area contributed by atoms with Crippen LogP contribution in [0.3, 0.4) is 0 Å². The zero-order chi connectivity index (χ0) is 13.0. The number of carbonyl (C=O) groups is 1. The lowest BCUT2D eigenvalue weighted by Crippen LogP contribution is -2.31. The van der Waals surface area contributed by atoms with E-state index >= 15 is 0 Å². The number of nitrogens with one attached hydrogen (secondary N) is 1. The van der Waals surface area contributed by atoms with Gasteiger partial charge in [0.15, 0.2) is 18.1 Å². The van der Waals surface area contributed by atoms with Crippen LogP contribution in [-0.2, 0) is 4.79 Å². The molecule has 5 nitrogen and oxygen atoms in total. The molecule has 0 fully saturated rings. The normalized spacial score (nSPS) is 12.6. The fourth-order valence-electron chi connectivity index (χ4n) is 1.48. The van der Waals surface area contributed by atoms with Gasteiger partial charge in [0.25, 0.3) is 5.91 Å². The van der Waals surface area contributed by atoms with E-state index in [0.29, 0.717) is 29.7 Å². The summed E-state index contributed by atoms with van der Waals surface area (Å²) in [6.07, 6.45) is 0. The van der Waals surface area contributed by atoms with Gasteiger partial charge < -0.3 is 19.5 Å². The van der Waals surface area contributed by atoms with Gasteiger partial charge in [-0.25, -0.2) is 0 Å². The predicted molar refractivity (Wildman–Crippen MR) is 65.9 cm³/mol. The van der Waals surface area contributed by atoms with Crippen LogP contribution in [0.25, 0.3) is 0 Å². The molecule has 0 unspecified atom stereocenters. The topological polar surface area (TPSA) is 56.8 Å². The Morgan fingerprint density at radius 2 is 2.17 bits per heavy atom. The molecule has 1 N–H and O–H groups in total. The average Bonchev–Trinajstić information content (AvgIpc) is 2.81. The Morgan fingerprint density at radius 3 is 2.94 bits per heavy atom. The van der Waals surface area contributed by atoms with Crippen molar-refractivity contribution in [2.24, 2.45) is 5.92 Å². The SMILES string of the molecule is CC(C)CNC(=O)COc1ccc2c(c1)OCO2.